The third kappa shape index (κ3) is 6.69. The number of nitrogens with zero attached hydrogens (tertiary/aromatic N) is 2. The number of carbonyl (C=O) groups is 2. The quantitative estimate of drug-likeness (QED) is 0.710. The van der Waals surface area contributed by atoms with Gasteiger partial charge in [0.2, 0.25) is 11.8 Å². The van der Waals surface area contributed by atoms with E-state index in [2.05, 4.69) is 15.5 Å². The zero-order valence-corrected chi connectivity index (χ0v) is 15.0. The van der Waals surface area contributed by atoms with Crippen molar-refractivity contribution in [3.8, 4) is 0 Å². The molecular weight excluding hydrogens is 327 g/mol. The molecule has 2 rings (SSSR count). The average Bonchev–Trinajstić information content (AvgIpc) is 3.23. The molecule has 0 aromatic heterocycles. The van der Waals surface area contributed by atoms with Crippen LogP contribution in [0.3, 0.4) is 0 Å². The van der Waals surface area contributed by atoms with E-state index in [1.165, 1.54) is 0 Å². The van der Waals surface area contributed by atoms with E-state index in [0.29, 0.717) is 19.1 Å². The number of hydrogen-bond acceptors (Lipinski definition) is 4. The summed E-state index contributed by atoms with van der Waals surface area (Å²) in [5.41, 5.74) is 0. The van der Waals surface area contributed by atoms with Crippen LogP contribution in [-0.4, -0.2) is 74.0 Å². The minimum atomic E-state index is 0. The van der Waals surface area contributed by atoms with Crippen LogP contribution in [0, 0.1) is 5.92 Å². The van der Waals surface area contributed by atoms with Crippen LogP contribution in [0.15, 0.2) is 0 Å². The van der Waals surface area contributed by atoms with Crippen LogP contribution in [0.25, 0.3) is 0 Å². The van der Waals surface area contributed by atoms with Crippen LogP contribution in [0.5, 0.6) is 0 Å². The van der Waals surface area contributed by atoms with Gasteiger partial charge in [-0.3, -0.25) is 14.5 Å². The van der Waals surface area contributed by atoms with Gasteiger partial charge in [-0.15, -0.1) is 24.8 Å². The summed E-state index contributed by atoms with van der Waals surface area (Å²) in [6.07, 6.45) is 2.24. The van der Waals surface area contributed by atoms with Crippen molar-refractivity contribution >= 4 is 36.6 Å². The standard InChI is InChI=1S/C14H26N4O2.2ClH/c1-11(9-15-2)14(20)18-7-5-17(6-8-18)10-13(19)16-12-3-4-12;;/h11-12,15H,3-10H2,1-2H3,(H,16,19);2*1H. The topological polar surface area (TPSA) is 64.7 Å². The normalized spacial score (nSPS) is 19.6. The van der Waals surface area contributed by atoms with E-state index in [1.54, 1.807) is 0 Å². The molecule has 1 heterocycles. The van der Waals surface area contributed by atoms with Gasteiger partial charge in [-0.2, -0.15) is 0 Å². The molecule has 0 bridgehead atoms. The summed E-state index contributed by atoms with van der Waals surface area (Å²) < 4.78 is 0. The van der Waals surface area contributed by atoms with Gasteiger partial charge in [0.1, 0.15) is 0 Å². The molecule has 0 spiro atoms. The van der Waals surface area contributed by atoms with Crippen molar-refractivity contribution in [1.82, 2.24) is 20.4 Å². The van der Waals surface area contributed by atoms with Crippen LogP contribution in [0.2, 0.25) is 0 Å². The molecule has 130 valence electrons. The maximum Gasteiger partial charge on any atom is 0.234 e. The molecule has 8 heteroatoms. The molecule has 0 aromatic rings. The molecule has 1 atom stereocenters. The molecule has 22 heavy (non-hydrogen) atoms. The lowest BCUT2D eigenvalue weighted by molar-refractivity contribution is -0.136. The summed E-state index contributed by atoms with van der Waals surface area (Å²) in [6, 6.07) is 0.424. The predicted molar refractivity (Wildman–Crippen MR) is 91.8 cm³/mol. The van der Waals surface area contributed by atoms with Gasteiger partial charge in [0.05, 0.1) is 6.54 Å². The van der Waals surface area contributed by atoms with Crippen molar-refractivity contribution in [3.05, 3.63) is 0 Å². The number of amides is 2. The fourth-order valence-corrected chi connectivity index (χ4v) is 2.54. The van der Waals surface area contributed by atoms with Gasteiger partial charge in [0.15, 0.2) is 0 Å². The molecular formula is C14H28Cl2N4O2. The largest absolute Gasteiger partial charge is 0.352 e. The van der Waals surface area contributed by atoms with Crippen molar-refractivity contribution in [2.24, 2.45) is 5.92 Å². The minimum Gasteiger partial charge on any atom is -0.352 e. The van der Waals surface area contributed by atoms with Crippen LogP contribution < -0.4 is 10.6 Å². The highest BCUT2D eigenvalue weighted by molar-refractivity contribution is 5.85. The molecule has 2 N–H and O–H groups in total. The van der Waals surface area contributed by atoms with Crippen molar-refractivity contribution in [3.63, 3.8) is 0 Å². The van der Waals surface area contributed by atoms with Crippen LogP contribution in [0.1, 0.15) is 19.8 Å². The summed E-state index contributed by atoms with van der Waals surface area (Å²) in [6.45, 7) is 6.15. The van der Waals surface area contributed by atoms with Crippen molar-refractivity contribution < 1.29 is 9.59 Å². The molecule has 0 aromatic carbocycles. The number of halogens is 2. The Labute approximate surface area is 145 Å². The summed E-state index contributed by atoms with van der Waals surface area (Å²) in [5.74, 6) is 0.349. The molecule has 1 saturated heterocycles. The van der Waals surface area contributed by atoms with Crippen LogP contribution in [-0.2, 0) is 9.59 Å². The first-order valence-corrected chi connectivity index (χ1v) is 7.55. The second-order valence-electron chi connectivity index (χ2n) is 5.90. The van der Waals surface area contributed by atoms with E-state index < -0.39 is 0 Å². The summed E-state index contributed by atoms with van der Waals surface area (Å²) in [5, 5.41) is 6.04. The predicted octanol–water partition coefficient (Wildman–Crippen LogP) is 0.108. The van der Waals surface area contributed by atoms with E-state index in [-0.39, 0.29) is 42.5 Å². The minimum absolute atomic E-state index is 0. The first-order chi connectivity index (χ1) is 9.60. The van der Waals surface area contributed by atoms with Crippen molar-refractivity contribution in [2.75, 3.05) is 46.3 Å². The third-order valence-corrected chi connectivity index (χ3v) is 3.93. The van der Waals surface area contributed by atoms with E-state index in [4.69, 9.17) is 0 Å². The molecule has 6 nitrogen and oxygen atoms in total. The van der Waals surface area contributed by atoms with Crippen LogP contribution in [0.4, 0.5) is 0 Å². The lowest BCUT2D eigenvalue weighted by Gasteiger charge is -2.35. The molecule has 2 fully saturated rings. The van der Waals surface area contributed by atoms with E-state index in [9.17, 15) is 9.59 Å². The van der Waals surface area contributed by atoms with Gasteiger partial charge < -0.3 is 15.5 Å². The Kier molecular flexibility index (Phi) is 10.00. The maximum absolute atomic E-state index is 12.2. The monoisotopic (exact) mass is 354 g/mol. The van der Waals surface area contributed by atoms with Crippen molar-refractivity contribution in [2.45, 2.75) is 25.8 Å². The van der Waals surface area contributed by atoms with E-state index >= 15 is 0 Å². The fraction of sp³-hybridized carbons (Fsp3) is 0.857. The number of piperazine rings is 1. The van der Waals surface area contributed by atoms with Gasteiger partial charge in [-0.25, -0.2) is 0 Å². The molecule has 1 aliphatic carbocycles. The smallest absolute Gasteiger partial charge is 0.234 e. The summed E-state index contributed by atoms with van der Waals surface area (Å²) in [4.78, 5) is 27.9. The zero-order valence-electron chi connectivity index (χ0n) is 13.3. The van der Waals surface area contributed by atoms with Gasteiger partial charge >= 0.3 is 0 Å². The second kappa shape index (κ2) is 10.3. The van der Waals surface area contributed by atoms with Gasteiger partial charge in [0, 0.05) is 44.7 Å². The Bertz CT molecular complexity index is 359. The molecule has 1 saturated carbocycles. The highest BCUT2D eigenvalue weighted by atomic mass is 35.5. The first-order valence-electron chi connectivity index (χ1n) is 7.55. The lowest BCUT2D eigenvalue weighted by Crippen LogP contribution is -2.52. The third-order valence-electron chi connectivity index (χ3n) is 3.93. The van der Waals surface area contributed by atoms with Crippen LogP contribution >= 0.6 is 24.8 Å². The molecule has 2 amide bonds. The van der Waals surface area contributed by atoms with E-state index in [1.807, 2.05) is 18.9 Å². The SMILES string of the molecule is CNCC(C)C(=O)N1CCN(CC(=O)NC2CC2)CC1.Cl.Cl. The highest BCUT2D eigenvalue weighted by Gasteiger charge is 2.27. The molecule has 2 aliphatic rings. The summed E-state index contributed by atoms with van der Waals surface area (Å²) in [7, 11) is 1.86. The van der Waals surface area contributed by atoms with Gasteiger partial charge in [0.25, 0.3) is 0 Å². The van der Waals surface area contributed by atoms with Gasteiger partial charge in [-0.1, -0.05) is 6.92 Å². The first kappa shape index (κ1) is 21.4. The summed E-state index contributed by atoms with van der Waals surface area (Å²) >= 11 is 0. The lowest BCUT2D eigenvalue weighted by atomic mass is 10.1. The second-order valence-corrected chi connectivity index (χ2v) is 5.90. The average molecular weight is 355 g/mol. The van der Waals surface area contributed by atoms with E-state index in [0.717, 1.165) is 39.0 Å². The molecule has 1 aliphatic heterocycles. The Hall–Kier alpha value is -0.560. The Morgan fingerprint density at radius 1 is 1.14 bits per heavy atom. The Morgan fingerprint density at radius 3 is 2.23 bits per heavy atom. The number of rotatable bonds is 6. The maximum atomic E-state index is 12.2. The van der Waals surface area contributed by atoms with Gasteiger partial charge in [-0.05, 0) is 19.9 Å². The zero-order chi connectivity index (χ0) is 14.5. The van der Waals surface area contributed by atoms with Crippen molar-refractivity contribution in [1.29, 1.82) is 0 Å². The highest BCUT2D eigenvalue weighted by Crippen LogP contribution is 2.18. The Morgan fingerprint density at radius 2 is 1.73 bits per heavy atom. The Balaban J connectivity index is 0.00000220. The fourth-order valence-electron chi connectivity index (χ4n) is 2.54. The number of nitrogens with one attached hydrogen (secondary N) is 2. The molecule has 1 unspecified atom stereocenters. The molecule has 0 radical (unpaired) electrons. The number of hydrogen-bond donors (Lipinski definition) is 2. The number of carbonyl (C=O) groups excluding carboxylic acids is 2.